The quantitative estimate of drug-likeness (QED) is 0.373. The lowest BCUT2D eigenvalue weighted by Crippen LogP contribution is -2.31. The molecule has 0 unspecified atom stereocenters. The fraction of sp³-hybridized carbons (Fsp3) is 0.238. The molecule has 0 fully saturated rings. The standard InChI is InChI=1S/C21H20N2O6S/c1-12(2)30-19-18(13-5-7-14(8-6-13)23(26)27)20(24)22(21(19)25)16-11-15(28-3)9-10-17(16)29-4/h5-12H,1-4H3. The zero-order valence-corrected chi connectivity index (χ0v) is 17.7. The first-order valence-corrected chi connectivity index (χ1v) is 9.93. The highest BCUT2D eigenvalue weighted by Crippen LogP contribution is 2.43. The summed E-state index contributed by atoms with van der Waals surface area (Å²) < 4.78 is 10.6. The van der Waals surface area contributed by atoms with Gasteiger partial charge in [-0.1, -0.05) is 13.8 Å². The van der Waals surface area contributed by atoms with Crippen LogP contribution in [0.4, 0.5) is 11.4 Å². The zero-order valence-electron chi connectivity index (χ0n) is 16.9. The molecule has 0 N–H and O–H groups in total. The number of carbonyl (C=O) groups is 2. The van der Waals surface area contributed by atoms with Gasteiger partial charge in [-0.25, -0.2) is 4.90 Å². The second-order valence-electron chi connectivity index (χ2n) is 6.66. The zero-order chi connectivity index (χ0) is 22.0. The van der Waals surface area contributed by atoms with Crippen LogP contribution in [-0.4, -0.2) is 36.2 Å². The average molecular weight is 428 g/mol. The first-order chi connectivity index (χ1) is 14.3. The lowest BCUT2D eigenvalue weighted by atomic mass is 10.1. The maximum Gasteiger partial charge on any atom is 0.272 e. The van der Waals surface area contributed by atoms with Gasteiger partial charge in [0.15, 0.2) is 0 Å². The fourth-order valence-corrected chi connectivity index (χ4v) is 4.04. The second-order valence-corrected chi connectivity index (χ2v) is 8.24. The molecule has 0 radical (unpaired) electrons. The predicted octanol–water partition coefficient (Wildman–Crippen LogP) is 4.04. The van der Waals surface area contributed by atoms with Gasteiger partial charge in [0.05, 0.1) is 35.3 Å². The molecule has 0 spiro atoms. The fourth-order valence-electron chi connectivity index (χ4n) is 3.05. The van der Waals surface area contributed by atoms with Crippen LogP contribution in [-0.2, 0) is 9.59 Å². The highest BCUT2D eigenvalue weighted by Gasteiger charge is 2.42. The molecule has 0 atom stereocenters. The number of nitrogens with zero attached hydrogens (tertiary/aromatic N) is 2. The van der Waals surface area contributed by atoms with Crippen molar-refractivity contribution < 1.29 is 24.0 Å². The average Bonchev–Trinajstić information content (AvgIpc) is 2.96. The topological polar surface area (TPSA) is 99.0 Å². The SMILES string of the molecule is COc1ccc(OC)c(N2C(=O)C(SC(C)C)=C(c3ccc([N+](=O)[O-])cc3)C2=O)c1. The third-order valence-electron chi connectivity index (χ3n) is 4.39. The number of nitro benzene ring substituents is 1. The lowest BCUT2D eigenvalue weighted by Gasteiger charge is -2.19. The third kappa shape index (κ3) is 3.88. The molecule has 0 bridgehead atoms. The van der Waals surface area contributed by atoms with E-state index < -0.39 is 16.7 Å². The van der Waals surface area contributed by atoms with Gasteiger partial charge in [-0.2, -0.15) is 0 Å². The maximum atomic E-state index is 13.4. The molecule has 2 aromatic rings. The molecule has 3 rings (SSSR count). The van der Waals surface area contributed by atoms with Crippen LogP contribution in [0.2, 0.25) is 0 Å². The number of imide groups is 1. The lowest BCUT2D eigenvalue weighted by molar-refractivity contribution is -0.384. The van der Waals surface area contributed by atoms with Crippen LogP contribution >= 0.6 is 11.8 Å². The molecule has 9 heteroatoms. The predicted molar refractivity (Wildman–Crippen MR) is 115 cm³/mol. The molecule has 0 aromatic heterocycles. The molecule has 2 aromatic carbocycles. The van der Waals surface area contributed by atoms with E-state index in [1.165, 1.54) is 50.2 Å². The van der Waals surface area contributed by atoms with Gasteiger partial charge in [-0.3, -0.25) is 19.7 Å². The summed E-state index contributed by atoms with van der Waals surface area (Å²) in [6.45, 7) is 3.83. The van der Waals surface area contributed by atoms with E-state index in [-0.39, 0.29) is 27.1 Å². The molecule has 2 amide bonds. The largest absolute Gasteiger partial charge is 0.497 e. The van der Waals surface area contributed by atoms with E-state index in [9.17, 15) is 19.7 Å². The van der Waals surface area contributed by atoms with Crippen molar-refractivity contribution in [1.82, 2.24) is 0 Å². The number of benzene rings is 2. The van der Waals surface area contributed by atoms with E-state index in [1.54, 1.807) is 18.2 Å². The van der Waals surface area contributed by atoms with Crippen LogP contribution in [0.15, 0.2) is 47.4 Å². The van der Waals surface area contributed by atoms with Crippen LogP contribution in [0.1, 0.15) is 19.4 Å². The Morgan fingerprint density at radius 3 is 2.20 bits per heavy atom. The molecule has 156 valence electrons. The van der Waals surface area contributed by atoms with Crippen molar-refractivity contribution in [2.24, 2.45) is 0 Å². The summed E-state index contributed by atoms with van der Waals surface area (Å²) in [4.78, 5) is 38.5. The summed E-state index contributed by atoms with van der Waals surface area (Å²) in [7, 11) is 2.94. The Morgan fingerprint density at radius 1 is 1.00 bits per heavy atom. The van der Waals surface area contributed by atoms with Crippen molar-refractivity contribution in [1.29, 1.82) is 0 Å². The normalized spacial score (nSPS) is 14.0. The summed E-state index contributed by atoms with van der Waals surface area (Å²) in [6.07, 6.45) is 0. The van der Waals surface area contributed by atoms with E-state index in [0.717, 1.165) is 4.90 Å². The number of hydrogen-bond donors (Lipinski definition) is 0. The van der Waals surface area contributed by atoms with Crippen molar-refractivity contribution in [3.63, 3.8) is 0 Å². The van der Waals surface area contributed by atoms with Crippen LogP contribution < -0.4 is 14.4 Å². The van der Waals surface area contributed by atoms with Gasteiger partial charge in [0.2, 0.25) is 0 Å². The number of nitro groups is 1. The number of carbonyl (C=O) groups excluding carboxylic acids is 2. The molecular weight excluding hydrogens is 408 g/mol. The molecule has 1 aliphatic rings. The second kappa shape index (κ2) is 8.58. The number of anilines is 1. The van der Waals surface area contributed by atoms with E-state index >= 15 is 0 Å². The van der Waals surface area contributed by atoms with Crippen molar-refractivity contribution >= 4 is 40.5 Å². The summed E-state index contributed by atoms with van der Waals surface area (Å²) in [5.74, 6) is -0.188. The Labute approximate surface area is 177 Å². The Balaban J connectivity index is 2.13. The molecular formula is C21H20N2O6S. The van der Waals surface area contributed by atoms with Gasteiger partial charge in [0.25, 0.3) is 17.5 Å². The van der Waals surface area contributed by atoms with Gasteiger partial charge < -0.3 is 9.47 Å². The van der Waals surface area contributed by atoms with Gasteiger partial charge in [0, 0.05) is 23.4 Å². The number of ether oxygens (including phenoxy) is 2. The summed E-state index contributed by atoms with van der Waals surface area (Å²) in [6, 6.07) is 10.4. The first kappa shape index (κ1) is 21.4. The smallest absolute Gasteiger partial charge is 0.272 e. The van der Waals surface area contributed by atoms with E-state index in [2.05, 4.69) is 0 Å². The van der Waals surface area contributed by atoms with Crippen molar-refractivity contribution in [2.75, 3.05) is 19.1 Å². The minimum Gasteiger partial charge on any atom is -0.497 e. The summed E-state index contributed by atoms with van der Waals surface area (Å²) in [5, 5.41) is 11.0. The molecule has 0 saturated carbocycles. The Hall–Kier alpha value is -3.33. The third-order valence-corrected chi connectivity index (χ3v) is 5.47. The van der Waals surface area contributed by atoms with Crippen LogP contribution in [0, 0.1) is 10.1 Å². The molecule has 1 heterocycles. The highest BCUT2D eigenvalue weighted by atomic mass is 32.2. The Kier molecular flexibility index (Phi) is 6.12. The van der Waals surface area contributed by atoms with Gasteiger partial charge in [0.1, 0.15) is 11.5 Å². The monoisotopic (exact) mass is 428 g/mol. The number of methoxy groups -OCH3 is 2. The van der Waals surface area contributed by atoms with Crippen LogP contribution in [0.5, 0.6) is 11.5 Å². The van der Waals surface area contributed by atoms with E-state index in [0.29, 0.717) is 17.1 Å². The van der Waals surface area contributed by atoms with Gasteiger partial charge in [-0.05, 0) is 29.8 Å². The molecule has 1 aliphatic heterocycles. The number of non-ortho nitro benzene ring substituents is 1. The van der Waals surface area contributed by atoms with Crippen molar-refractivity contribution in [3.05, 3.63) is 63.0 Å². The summed E-state index contributed by atoms with van der Waals surface area (Å²) in [5.41, 5.74) is 0.816. The maximum absolute atomic E-state index is 13.4. The van der Waals surface area contributed by atoms with E-state index in [1.807, 2.05) is 13.8 Å². The molecule has 0 aliphatic carbocycles. The number of rotatable bonds is 7. The minimum absolute atomic E-state index is 0.0388. The highest BCUT2D eigenvalue weighted by molar-refractivity contribution is 8.04. The summed E-state index contributed by atoms with van der Waals surface area (Å²) >= 11 is 1.27. The molecule has 30 heavy (non-hydrogen) atoms. The first-order valence-electron chi connectivity index (χ1n) is 9.05. The Bertz CT molecular complexity index is 1050. The number of amides is 2. The molecule has 8 nitrogen and oxygen atoms in total. The van der Waals surface area contributed by atoms with E-state index in [4.69, 9.17) is 9.47 Å². The van der Waals surface area contributed by atoms with Crippen molar-refractivity contribution in [3.8, 4) is 11.5 Å². The number of hydrogen-bond acceptors (Lipinski definition) is 7. The minimum atomic E-state index is -0.524. The molecule has 0 saturated heterocycles. The number of thioether (sulfide) groups is 1. The van der Waals surface area contributed by atoms with Crippen molar-refractivity contribution in [2.45, 2.75) is 19.1 Å². The van der Waals surface area contributed by atoms with Gasteiger partial charge >= 0.3 is 0 Å². The van der Waals surface area contributed by atoms with Gasteiger partial charge in [-0.15, -0.1) is 11.8 Å². The van der Waals surface area contributed by atoms with Crippen LogP contribution in [0.25, 0.3) is 5.57 Å². The van der Waals surface area contributed by atoms with Crippen LogP contribution in [0.3, 0.4) is 0 Å². The Morgan fingerprint density at radius 2 is 1.67 bits per heavy atom.